The summed E-state index contributed by atoms with van der Waals surface area (Å²) in [5.74, 6) is 0.590. The van der Waals surface area contributed by atoms with Gasteiger partial charge < -0.3 is 14.5 Å². The molecule has 1 aliphatic rings. The van der Waals surface area contributed by atoms with Gasteiger partial charge >= 0.3 is 0 Å². The minimum atomic E-state index is -3.74. The Balaban J connectivity index is 1.56. The summed E-state index contributed by atoms with van der Waals surface area (Å²) in [7, 11) is -0.704. The van der Waals surface area contributed by atoms with E-state index < -0.39 is 10.0 Å². The van der Waals surface area contributed by atoms with Crippen molar-refractivity contribution in [2.24, 2.45) is 0 Å². The van der Waals surface area contributed by atoms with E-state index in [2.05, 4.69) is 4.90 Å². The number of anilines is 1. The third-order valence-corrected chi connectivity index (χ3v) is 7.02. The van der Waals surface area contributed by atoms with E-state index >= 15 is 0 Å². The first-order valence-corrected chi connectivity index (χ1v) is 11.0. The number of carbonyl (C=O) groups excluding carboxylic acids is 1. The molecule has 1 amide bonds. The zero-order chi connectivity index (χ0) is 21.0. The SMILES string of the molecule is COc1ccc(N2CCN(C(=O)CN(C)S(=O)(=O)c3ccc(Cl)cc3)CC2)cc1. The number of hydrogen-bond acceptors (Lipinski definition) is 5. The zero-order valence-corrected chi connectivity index (χ0v) is 18.0. The highest BCUT2D eigenvalue weighted by Crippen LogP contribution is 2.21. The second-order valence-electron chi connectivity index (χ2n) is 6.78. The summed E-state index contributed by atoms with van der Waals surface area (Å²) in [6.07, 6.45) is 0. The Morgan fingerprint density at radius 1 is 1.03 bits per heavy atom. The normalized spacial score (nSPS) is 14.9. The highest BCUT2D eigenvalue weighted by molar-refractivity contribution is 7.89. The lowest BCUT2D eigenvalue weighted by molar-refractivity contribution is -0.131. The fraction of sp³-hybridized carbons (Fsp3) is 0.350. The molecule has 0 N–H and O–H groups in total. The van der Waals surface area contributed by atoms with Crippen LogP contribution in [0.4, 0.5) is 5.69 Å². The molecule has 1 aliphatic heterocycles. The van der Waals surface area contributed by atoms with Crippen LogP contribution in [0.2, 0.25) is 5.02 Å². The first-order valence-electron chi connectivity index (χ1n) is 9.20. The molecular weight excluding hydrogens is 414 g/mol. The van der Waals surface area contributed by atoms with Crippen LogP contribution in [0.3, 0.4) is 0 Å². The molecule has 0 unspecified atom stereocenters. The van der Waals surface area contributed by atoms with Gasteiger partial charge in [0.25, 0.3) is 0 Å². The van der Waals surface area contributed by atoms with Gasteiger partial charge in [0.2, 0.25) is 15.9 Å². The highest BCUT2D eigenvalue weighted by atomic mass is 35.5. The van der Waals surface area contributed by atoms with E-state index in [0.717, 1.165) is 15.7 Å². The van der Waals surface area contributed by atoms with E-state index in [1.165, 1.54) is 31.3 Å². The van der Waals surface area contributed by atoms with Gasteiger partial charge in [-0.05, 0) is 48.5 Å². The molecule has 1 heterocycles. The van der Waals surface area contributed by atoms with Gasteiger partial charge in [-0.25, -0.2) is 8.42 Å². The molecule has 0 saturated carbocycles. The van der Waals surface area contributed by atoms with Gasteiger partial charge in [0.05, 0.1) is 18.6 Å². The number of benzene rings is 2. The van der Waals surface area contributed by atoms with Crippen molar-refractivity contribution >= 4 is 33.2 Å². The number of halogens is 1. The van der Waals surface area contributed by atoms with E-state index in [4.69, 9.17) is 16.3 Å². The Labute approximate surface area is 176 Å². The van der Waals surface area contributed by atoms with Crippen molar-refractivity contribution in [3.63, 3.8) is 0 Å². The Morgan fingerprint density at radius 3 is 2.17 bits per heavy atom. The molecule has 0 radical (unpaired) electrons. The summed E-state index contributed by atoms with van der Waals surface area (Å²) in [6.45, 7) is 2.25. The summed E-state index contributed by atoms with van der Waals surface area (Å²) in [6, 6.07) is 13.7. The molecule has 1 fully saturated rings. The van der Waals surface area contributed by atoms with Gasteiger partial charge in [-0.15, -0.1) is 0 Å². The molecule has 1 saturated heterocycles. The van der Waals surface area contributed by atoms with Gasteiger partial charge in [-0.2, -0.15) is 4.31 Å². The number of ether oxygens (including phenoxy) is 1. The molecule has 9 heteroatoms. The van der Waals surface area contributed by atoms with Crippen LogP contribution in [0, 0.1) is 0 Å². The van der Waals surface area contributed by atoms with Crippen molar-refractivity contribution in [3.05, 3.63) is 53.6 Å². The maximum atomic E-state index is 12.6. The topological polar surface area (TPSA) is 70.2 Å². The number of nitrogens with zero attached hydrogens (tertiary/aromatic N) is 3. The van der Waals surface area contributed by atoms with Crippen LogP contribution < -0.4 is 9.64 Å². The Kier molecular flexibility index (Phi) is 6.66. The van der Waals surface area contributed by atoms with Gasteiger partial charge in [0.15, 0.2) is 0 Å². The molecule has 0 atom stereocenters. The number of methoxy groups -OCH3 is 1. The lowest BCUT2D eigenvalue weighted by atomic mass is 10.2. The number of rotatable bonds is 6. The van der Waals surface area contributed by atoms with Crippen LogP contribution in [0.1, 0.15) is 0 Å². The number of likely N-dealkylation sites (N-methyl/N-ethyl adjacent to an activating group) is 1. The predicted octanol–water partition coefficient (Wildman–Crippen LogP) is 2.32. The van der Waals surface area contributed by atoms with Crippen molar-refractivity contribution in [1.29, 1.82) is 0 Å². The minimum Gasteiger partial charge on any atom is -0.497 e. The molecular formula is C20H24ClN3O4S. The molecule has 7 nitrogen and oxygen atoms in total. The Hall–Kier alpha value is -2.29. The monoisotopic (exact) mass is 437 g/mol. The lowest BCUT2D eigenvalue weighted by Crippen LogP contribution is -2.51. The van der Waals surface area contributed by atoms with Gasteiger partial charge in [-0.3, -0.25) is 4.79 Å². The third kappa shape index (κ3) is 5.01. The van der Waals surface area contributed by atoms with Crippen LogP contribution in [0.15, 0.2) is 53.4 Å². The Bertz CT molecular complexity index is 941. The molecule has 2 aromatic rings. The molecule has 0 bridgehead atoms. The van der Waals surface area contributed by atoms with Crippen molar-refractivity contribution in [2.75, 3.05) is 51.8 Å². The van der Waals surface area contributed by atoms with Crippen LogP contribution in [0.25, 0.3) is 0 Å². The predicted molar refractivity (Wildman–Crippen MR) is 113 cm³/mol. The van der Waals surface area contributed by atoms with E-state index in [0.29, 0.717) is 31.2 Å². The quantitative estimate of drug-likeness (QED) is 0.693. The van der Waals surface area contributed by atoms with E-state index in [1.807, 2.05) is 24.3 Å². The maximum Gasteiger partial charge on any atom is 0.243 e. The van der Waals surface area contributed by atoms with Gasteiger partial charge in [0, 0.05) is 43.9 Å². The van der Waals surface area contributed by atoms with Crippen LogP contribution in [-0.4, -0.2) is 70.4 Å². The fourth-order valence-electron chi connectivity index (χ4n) is 3.17. The van der Waals surface area contributed by atoms with Crippen molar-refractivity contribution in [1.82, 2.24) is 9.21 Å². The summed E-state index contributed by atoms with van der Waals surface area (Å²) in [5.41, 5.74) is 1.07. The van der Waals surface area contributed by atoms with E-state index in [9.17, 15) is 13.2 Å². The summed E-state index contributed by atoms with van der Waals surface area (Å²) >= 11 is 5.82. The van der Waals surface area contributed by atoms with Gasteiger partial charge in [0.1, 0.15) is 5.75 Å². The largest absolute Gasteiger partial charge is 0.497 e. The average Bonchev–Trinajstić information content (AvgIpc) is 2.74. The molecule has 0 aromatic heterocycles. The zero-order valence-electron chi connectivity index (χ0n) is 16.4. The molecule has 156 valence electrons. The number of hydrogen-bond donors (Lipinski definition) is 0. The standard InChI is InChI=1S/C20H24ClN3O4S/c1-22(29(26,27)19-9-3-16(21)4-10-19)15-20(25)24-13-11-23(12-14-24)17-5-7-18(28-2)8-6-17/h3-10H,11-15H2,1-2H3. The number of carbonyl (C=O) groups is 1. The summed E-state index contributed by atoms with van der Waals surface area (Å²) < 4.78 is 31.5. The molecule has 0 aliphatic carbocycles. The molecule has 2 aromatic carbocycles. The fourth-order valence-corrected chi connectivity index (χ4v) is 4.42. The van der Waals surface area contributed by atoms with Gasteiger partial charge in [-0.1, -0.05) is 11.6 Å². The van der Waals surface area contributed by atoms with Crippen molar-refractivity contribution < 1.29 is 17.9 Å². The molecule has 3 rings (SSSR count). The van der Waals surface area contributed by atoms with Crippen molar-refractivity contribution in [2.45, 2.75) is 4.90 Å². The van der Waals surface area contributed by atoms with Crippen LogP contribution in [-0.2, 0) is 14.8 Å². The minimum absolute atomic E-state index is 0.113. The Morgan fingerprint density at radius 2 is 1.62 bits per heavy atom. The van der Waals surface area contributed by atoms with Crippen LogP contribution >= 0.6 is 11.6 Å². The van der Waals surface area contributed by atoms with E-state index in [1.54, 1.807) is 12.0 Å². The first kappa shape index (κ1) is 21.4. The number of piperazine rings is 1. The van der Waals surface area contributed by atoms with E-state index in [-0.39, 0.29) is 17.3 Å². The molecule has 29 heavy (non-hydrogen) atoms. The summed E-state index contributed by atoms with van der Waals surface area (Å²) in [4.78, 5) is 16.6. The average molecular weight is 438 g/mol. The maximum absolute atomic E-state index is 12.6. The molecule has 0 spiro atoms. The second kappa shape index (κ2) is 9.02. The first-order chi connectivity index (χ1) is 13.8. The highest BCUT2D eigenvalue weighted by Gasteiger charge is 2.27. The lowest BCUT2D eigenvalue weighted by Gasteiger charge is -2.36. The third-order valence-electron chi connectivity index (χ3n) is 4.95. The smallest absolute Gasteiger partial charge is 0.243 e. The number of amides is 1. The summed E-state index contributed by atoms with van der Waals surface area (Å²) in [5, 5.41) is 0.456. The second-order valence-corrected chi connectivity index (χ2v) is 9.26. The number of sulfonamides is 1. The van der Waals surface area contributed by atoms with Crippen LogP contribution in [0.5, 0.6) is 5.75 Å². The van der Waals surface area contributed by atoms with Crippen molar-refractivity contribution in [3.8, 4) is 5.75 Å².